The van der Waals surface area contributed by atoms with Gasteiger partial charge in [0.05, 0.1) is 22.5 Å². The monoisotopic (exact) mass is 373 g/mol. The molecule has 2 fully saturated rings. The maximum absolute atomic E-state index is 12.5. The lowest BCUT2D eigenvalue weighted by Crippen LogP contribution is -2.47. The van der Waals surface area contributed by atoms with Gasteiger partial charge in [-0.05, 0) is 43.6 Å². The van der Waals surface area contributed by atoms with Crippen LogP contribution in [0.1, 0.15) is 32.1 Å². The maximum Gasteiger partial charge on any atom is 0.153 e. The highest BCUT2D eigenvalue weighted by Crippen LogP contribution is 2.40. The molecule has 7 nitrogen and oxygen atoms in total. The summed E-state index contributed by atoms with van der Waals surface area (Å²) >= 11 is 0. The third-order valence-corrected chi connectivity index (χ3v) is 8.31. The fraction of sp³-hybridized carbons (Fsp3) is 0.611. The number of nitrogens with zero attached hydrogens (tertiary/aromatic N) is 4. The minimum Gasteiger partial charge on any atom is -0.356 e. The highest BCUT2D eigenvalue weighted by atomic mass is 32.2. The molecule has 2 heterocycles. The number of H-pyrrole nitrogens is 1. The van der Waals surface area contributed by atoms with Crippen molar-refractivity contribution in [1.29, 1.82) is 5.26 Å². The Kier molecular flexibility index (Phi) is 4.35. The average molecular weight is 373 g/mol. The Bertz CT molecular complexity index is 936. The van der Waals surface area contributed by atoms with Crippen LogP contribution in [0.3, 0.4) is 0 Å². The molecule has 26 heavy (non-hydrogen) atoms. The Balaban J connectivity index is 1.33. The summed E-state index contributed by atoms with van der Waals surface area (Å²) in [6, 6.07) is 4.42. The summed E-state index contributed by atoms with van der Waals surface area (Å²) in [6.07, 6.45) is 6.97. The van der Waals surface area contributed by atoms with Crippen molar-refractivity contribution in [3.05, 3.63) is 18.6 Å². The molecule has 0 spiro atoms. The van der Waals surface area contributed by atoms with E-state index in [2.05, 4.69) is 25.9 Å². The van der Waals surface area contributed by atoms with E-state index in [1.807, 2.05) is 19.3 Å². The molecule has 0 radical (unpaired) electrons. The maximum atomic E-state index is 12.5. The fourth-order valence-corrected chi connectivity index (χ4v) is 6.53. The van der Waals surface area contributed by atoms with E-state index in [1.54, 1.807) is 6.33 Å². The summed E-state index contributed by atoms with van der Waals surface area (Å²) in [6.45, 7) is 0. The van der Waals surface area contributed by atoms with E-state index >= 15 is 0 Å². The SMILES string of the molecule is CN(c1ncnc2[nH]ccc12)C1CC(CS(=O)(=O)C2CC(CC#N)C2)C1. The van der Waals surface area contributed by atoms with E-state index in [-0.39, 0.29) is 22.8 Å². The van der Waals surface area contributed by atoms with Gasteiger partial charge in [-0.3, -0.25) is 0 Å². The van der Waals surface area contributed by atoms with E-state index in [0.717, 1.165) is 29.7 Å². The van der Waals surface area contributed by atoms with Crippen molar-refractivity contribution in [2.45, 2.75) is 43.4 Å². The Morgan fingerprint density at radius 3 is 2.77 bits per heavy atom. The minimum absolute atomic E-state index is 0.223. The summed E-state index contributed by atoms with van der Waals surface area (Å²) in [7, 11) is -1.02. The molecule has 2 aliphatic rings. The van der Waals surface area contributed by atoms with E-state index in [9.17, 15) is 8.42 Å². The topological polar surface area (TPSA) is 103 Å². The molecule has 8 heteroatoms. The second-order valence-corrected chi connectivity index (χ2v) is 10.0. The Morgan fingerprint density at radius 1 is 1.27 bits per heavy atom. The lowest BCUT2D eigenvalue weighted by Gasteiger charge is -2.43. The molecule has 0 saturated heterocycles. The smallest absolute Gasteiger partial charge is 0.153 e. The van der Waals surface area contributed by atoms with Crippen molar-refractivity contribution in [3.63, 3.8) is 0 Å². The summed E-state index contributed by atoms with van der Waals surface area (Å²) < 4.78 is 25.1. The number of aromatic nitrogens is 3. The average Bonchev–Trinajstić information content (AvgIpc) is 3.01. The van der Waals surface area contributed by atoms with Gasteiger partial charge in [-0.25, -0.2) is 18.4 Å². The van der Waals surface area contributed by atoms with Crippen molar-refractivity contribution < 1.29 is 8.42 Å². The molecule has 2 aromatic rings. The zero-order valence-electron chi connectivity index (χ0n) is 14.8. The van der Waals surface area contributed by atoms with E-state index in [1.165, 1.54) is 0 Å². The van der Waals surface area contributed by atoms with Crippen molar-refractivity contribution >= 4 is 26.7 Å². The van der Waals surface area contributed by atoms with Gasteiger partial charge in [0.1, 0.15) is 17.8 Å². The van der Waals surface area contributed by atoms with Gasteiger partial charge in [0, 0.05) is 25.7 Å². The molecule has 2 saturated carbocycles. The van der Waals surface area contributed by atoms with Crippen LogP contribution in [-0.4, -0.2) is 47.5 Å². The number of hydrogen-bond donors (Lipinski definition) is 1. The molecule has 0 aromatic carbocycles. The van der Waals surface area contributed by atoms with Crippen LogP contribution in [-0.2, 0) is 9.84 Å². The first-order chi connectivity index (χ1) is 12.5. The summed E-state index contributed by atoms with van der Waals surface area (Å²) in [5, 5.41) is 9.46. The lowest BCUT2D eigenvalue weighted by atomic mass is 9.80. The third-order valence-electron chi connectivity index (χ3n) is 5.97. The second-order valence-electron chi connectivity index (χ2n) is 7.69. The molecule has 4 rings (SSSR count). The number of aromatic amines is 1. The molecule has 0 bridgehead atoms. The predicted molar refractivity (Wildman–Crippen MR) is 99.3 cm³/mol. The summed E-state index contributed by atoms with van der Waals surface area (Å²) in [4.78, 5) is 13.9. The van der Waals surface area contributed by atoms with Crippen LogP contribution in [0.5, 0.6) is 0 Å². The molecule has 0 aliphatic heterocycles. The molecular formula is C18H23N5O2S. The van der Waals surface area contributed by atoms with E-state index in [0.29, 0.717) is 25.3 Å². The third kappa shape index (κ3) is 3.05. The van der Waals surface area contributed by atoms with Crippen molar-refractivity contribution in [2.24, 2.45) is 11.8 Å². The molecule has 138 valence electrons. The lowest BCUT2D eigenvalue weighted by molar-refractivity contribution is 0.276. The number of fused-ring (bicyclic) bond motifs is 1. The first kappa shape index (κ1) is 17.3. The number of nitrogens with one attached hydrogen (secondary N) is 1. The fourth-order valence-electron chi connectivity index (χ4n) is 4.19. The molecule has 2 aromatic heterocycles. The van der Waals surface area contributed by atoms with Gasteiger partial charge < -0.3 is 9.88 Å². The number of hydrogen-bond acceptors (Lipinski definition) is 6. The van der Waals surface area contributed by atoms with Gasteiger partial charge >= 0.3 is 0 Å². The summed E-state index contributed by atoms with van der Waals surface area (Å²) in [5.41, 5.74) is 0.817. The Hall–Kier alpha value is -2.14. The van der Waals surface area contributed by atoms with Crippen LogP contribution in [0, 0.1) is 23.2 Å². The van der Waals surface area contributed by atoms with Crippen LogP contribution < -0.4 is 4.90 Å². The van der Waals surface area contributed by atoms with Crippen LogP contribution in [0.15, 0.2) is 18.6 Å². The largest absolute Gasteiger partial charge is 0.356 e. The standard InChI is InChI=1S/C18H23N5O2S/c1-23(18-16-3-5-20-17(16)21-11-22-18)14-6-13(7-14)10-26(24,25)15-8-12(9-15)2-4-19/h3,5,11-15H,2,6-10H2,1H3,(H,20,21,22). The van der Waals surface area contributed by atoms with Crippen LogP contribution in [0.25, 0.3) is 11.0 Å². The molecule has 0 amide bonds. The quantitative estimate of drug-likeness (QED) is 0.833. The number of anilines is 1. The second kappa shape index (κ2) is 6.54. The highest BCUT2D eigenvalue weighted by molar-refractivity contribution is 7.92. The van der Waals surface area contributed by atoms with Gasteiger partial charge in [-0.15, -0.1) is 0 Å². The zero-order chi connectivity index (χ0) is 18.3. The minimum atomic E-state index is -3.03. The normalized spacial score (nSPS) is 28.2. The molecule has 0 unspecified atom stereocenters. The molecular weight excluding hydrogens is 350 g/mol. The number of sulfone groups is 1. The molecule has 2 aliphatic carbocycles. The van der Waals surface area contributed by atoms with E-state index in [4.69, 9.17) is 5.26 Å². The Morgan fingerprint density at radius 2 is 2.04 bits per heavy atom. The Labute approximate surface area is 153 Å². The number of rotatable bonds is 6. The van der Waals surface area contributed by atoms with Gasteiger partial charge in [0.15, 0.2) is 9.84 Å². The number of nitriles is 1. The van der Waals surface area contributed by atoms with Gasteiger partial charge in [0.25, 0.3) is 0 Å². The first-order valence-electron chi connectivity index (χ1n) is 9.07. The van der Waals surface area contributed by atoms with Crippen LogP contribution in [0.2, 0.25) is 0 Å². The molecule has 1 N–H and O–H groups in total. The van der Waals surface area contributed by atoms with Crippen LogP contribution in [0.4, 0.5) is 5.82 Å². The summed E-state index contributed by atoms with van der Waals surface area (Å²) in [5.74, 6) is 1.68. The predicted octanol–water partition coefficient (Wildman–Crippen LogP) is 2.28. The van der Waals surface area contributed by atoms with Crippen LogP contribution >= 0.6 is 0 Å². The van der Waals surface area contributed by atoms with Gasteiger partial charge in [-0.2, -0.15) is 5.26 Å². The first-order valence-corrected chi connectivity index (χ1v) is 10.8. The van der Waals surface area contributed by atoms with Crippen molar-refractivity contribution in [1.82, 2.24) is 15.0 Å². The highest BCUT2D eigenvalue weighted by Gasteiger charge is 2.42. The molecule has 0 atom stereocenters. The van der Waals surface area contributed by atoms with Crippen molar-refractivity contribution in [2.75, 3.05) is 17.7 Å². The van der Waals surface area contributed by atoms with Gasteiger partial charge in [-0.1, -0.05) is 0 Å². The van der Waals surface area contributed by atoms with Crippen molar-refractivity contribution in [3.8, 4) is 6.07 Å². The van der Waals surface area contributed by atoms with Gasteiger partial charge in [0.2, 0.25) is 0 Å². The van der Waals surface area contributed by atoms with E-state index < -0.39 is 9.84 Å². The zero-order valence-corrected chi connectivity index (χ0v) is 15.6.